The van der Waals surface area contributed by atoms with Crippen molar-refractivity contribution in [1.29, 1.82) is 0 Å². The SMILES string of the molecule is O=S(=O)(Nc1nc2c(s1)CNCC2)C(F)(F)F. The highest BCUT2D eigenvalue weighted by atomic mass is 32.2. The number of hydrogen-bond acceptors (Lipinski definition) is 5. The molecule has 0 unspecified atom stereocenters. The Morgan fingerprint density at radius 2 is 2.12 bits per heavy atom. The van der Waals surface area contributed by atoms with Gasteiger partial charge in [0.1, 0.15) is 0 Å². The second kappa shape index (κ2) is 4.10. The van der Waals surface area contributed by atoms with E-state index in [0.29, 0.717) is 25.2 Å². The third kappa shape index (κ3) is 2.53. The number of sulfonamides is 1. The maximum atomic E-state index is 12.1. The van der Waals surface area contributed by atoms with Gasteiger partial charge in [-0.1, -0.05) is 11.3 Å². The summed E-state index contributed by atoms with van der Waals surface area (Å²) in [5, 5.41) is 2.78. The smallest absolute Gasteiger partial charge is 0.311 e. The topological polar surface area (TPSA) is 71.1 Å². The van der Waals surface area contributed by atoms with Crippen LogP contribution >= 0.6 is 11.3 Å². The zero-order valence-corrected chi connectivity index (χ0v) is 9.97. The lowest BCUT2D eigenvalue weighted by molar-refractivity contribution is -0.0429. The van der Waals surface area contributed by atoms with E-state index in [0.717, 1.165) is 16.2 Å². The Labute approximate surface area is 99.1 Å². The number of hydrogen-bond donors (Lipinski definition) is 2. The van der Waals surface area contributed by atoms with Crippen LogP contribution in [0.4, 0.5) is 18.3 Å². The summed E-state index contributed by atoms with van der Waals surface area (Å²) < 4.78 is 59.5. The molecule has 0 atom stereocenters. The number of anilines is 1. The van der Waals surface area contributed by atoms with Gasteiger partial charge in [-0.05, 0) is 0 Å². The minimum Gasteiger partial charge on any atom is -0.311 e. The minimum atomic E-state index is -5.37. The average Bonchev–Trinajstić information content (AvgIpc) is 2.56. The molecular weight excluding hydrogens is 279 g/mol. The van der Waals surface area contributed by atoms with Crippen LogP contribution < -0.4 is 10.0 Å². The number of nitrogens with zero attached hydrogens (tertiary/aromatic N) is 1. The van der Waals surface area contributed by atoms with Gasteiger partial charge < -0.3 is 5.32 Å². The Balaban J connectivity index is 2.23. The minimum absolute atomic E-state index is 0.240. The van der Waals surface area contributed by atoms with Crippen LogP contribution in [0.5, 0.6) is 0 Å². The standard InChI is InChI=1S/C7H8F3N3O2S2/c8-7(9,10)17(14,15)13-6-12-4-1-2-11-3-5(4)16-6/h11H,1-3H2,(H,12,13). The van der Waals surface area contributed by atoms with Gasteiger partial charge in [0.05, 0.1) is 5.69 Å². The molecule has 0 fully saturated rings. The fourth-order valence-electron chi connectivity index (χ4n) is 1.34. The van der Waals surface area contributed by atoms with Gasteiger partial charge in [0, 0.05) is 24.4 Å². The molecule has 1 aliphatic rings. The number of aromatic nitrogens is 1. The summed E-state index contributed by atoms with van der Waals surface area (Å²) in [5.41, 5.74) is -4.68. The van der Waals surface area contributed by atoms with E-state index in [1.54, 1.807) is 0 Å². The third-order valence-electron chi connectivity index (χ3n) is 2.13. The van der Waals surface area contributed by atoms with Crippen LogP contribution in [-0.4, -0.2) is 25.5 Å². The molecule has 5 nitrogen and oxygen atoms in total. The van der Waals surface area contributed by atoms with E-state index in [4.69, 9.17) is 0 Å². The highest BCUT2D eigenvalue weighted by molar-refractivity contribution is 7.93. The van der Waals surface area contributed by atoms with Gasteiger partial charge in [-0.25, -0.2) is 4.98 Å². The van der Waals surface area contributed by atoms with Gasteiger partial charge in [0.15, 0.2) is 5.13 Å². The van der Waals surface area contributed by atoms with Crippen LogP contribution in [-0.2, 0) is 23.0 Å². The molecule has 1 aliphatic heterocycles. The van der Waals surface area contributed by atoms with E-state index in [2.05, 4.69) is 10.3 Å². The van der Waals surface area contributed by atoms with Crippen LogP contribution in [0.25, 0.3) is 0 Å². The van der Waals surface area contributed by atoms with Crippen molar-refractivity contribution in [3.05, 3.63) is 10.6 Å². The van der Waals surface area contributed by atoms with Crippen LogP contribution in [0.15, 0.2) is 0 Å². The van der Waals surface area contributed by atoms with Crippen LogP contribution in [0.3, 0.4) is 0 Å². The van der Waals surface area contributed by atoms with Crippen molar-refractivity contribution < 1.29 is 21.6 Å². The normalized spacial score (nSPS) is 16.6. The maximum absolute atomic E-state index is 12.1. The fraction of sp³-hybridized carbons (Fsp3) is 0.571. The van der Waals surface area contributed by atoms with Crippen molar-refractivity contribution in [2.75, 3.05) is 11.3 Å². The van der Waals surface area contributed by atoms with Crippen LogP contribution in [0.2, 0.25) is 0 Å². The molecule has 0 aromatic carbocycles. The van der Waals surface area contributed by atoms with Crippen LogP contribution in [0, 0.1) is 0 Å². The van der Waals surface area contributed by atoms with Crippen molar-refractivity contribution in [3.8, 4) is 0 Å². The lowest BCUT2D eigenvalue weighted by atomic mass is 10.2. The molecule has 0 saturated carbocycles. The predicted octanol–water partition coefficient (Wildman–Crippen LogP) is 1.05. The first-order chi connectivity index (χ1) is 7.79. The molecule has 1 aromatic heterocycles. The first-order valence-corrected chi connectivity index (χ1v) is 6.88. The van der Waals surface area contributed by atoms with E-state index in [1.807, 2.05) is 0 Å². The summed E-state index contributed by atoms with van der Waals surface area (Å²) in [6.45, 7) is 1.18. The molecule has 2 heterocycles. The molecule has 10 heteroatoms. The lowest BCUT2D eigenvalue weighted by Gasteiger charge is -2.09. The van der Waals surface area contributed by atoms with E-state index < -0.39 is 15.5 Å². The molecule has 0 bridgehead atoms. The number of nitrogens with one attached hydrogen (secondary N) is 2. The van der Waals surface area contributed by atoms with Gasteiger partial charge in [-0.15, -0.1) is 0 Å². The number of halogens is 3. The Bertz CT molecular complexity index is 499. The molecule has 96 valence electrons. The summed E-state index contributed by atoms with van der Waals surface area (Å²) in [5.74, 6) is 0. The number of thiazole rings is 1. The van der Waals surface area contributed by atoms with E-state index >= 15 is 0 Å². The van der Waals surface area contributed by atoms with Gasteiger partial charge in [-0.2, -0.15) is 21.6 Å². The first-order valence-electron chi connectivity index (χ1n) is 4.58. The molecule has 1 aromatic rings. The van der Waals surface area contributed by atoms with E-state index in [1.165, 1.54) is 4.72 Å². The second-order valence-corrected chi connectivity index (χ2v) is 6.12. The van der Waals surface area contributed by atoms with Crippen molar-refractivity contribution in [2.24, 2.45) is 0 Å². The molecule has 0 saturated heterocycles. The summed E-state index contributed by atoms with van der Waals surface area (Å²) in [4.78, 5) is 4.60. The summed E-state index contributed by atoms with van der Waals surface area (Å²) in [6.07, 6.45) is 0.583. The Morgan fingerprint density at radius 3 is 2.71 bits per heavy atom. The quantitative estimate of drug-likeness (QED) is 0.853. The van der Waals surface area contributed by atoms with Crippen molar-refractivity contribution in [2.45, 2.75) is 18.5 Å². The summed E-state index contributed by atoms with van der Waals surface area (Å²) >= 11 is 0.914. The van der Waals surface area contributed by atoms with Crippen molar-refractivity contribution in [1.82, 2.24) is 10.3 Å². The predicted molar refractivity (Wildman–Crippen MR) is 56.1 cm³/mol. The molecule has 0 radical (unpaired) electrons. The zero-order valence-electron chi connectivity index (χ0n) is 8.34. The maximum Gasteiger partial charge on any atom is 0.516 e. The van der Waals surface area contributed by atoms with Gasteiger partial charge in [0.25, 0.3) is 0 Å². The van der Waals surface area contributed by atoms with Crippen molar-refractivity contribution >= 4 is 26.5 Å². The number of fused-ring (bicyclic) bond motifs is 1. The van der Waals surface area contributed by atoms with Crippen LogP contribution in [0.1, 0.15) is 10.6 Å². The molecular formula is C7H8F3N3O2S2. The third-order valence-corrected chi connectivity index (χ3v) is 4.34. The zero-order chi connectivity index (χ0) is 12.7. The highest BCUT2D eigenvalue weighted by Crippen LogP contribution is 2.30. The number of alkyl halides is 3. The Kier molecular flexibility index (Phi) is 3.04. The molecule has 2 rings (SSSR count). The molecule has 0 spiro atoms. The molecule has 0 amide bonds. The first kappa shape index (κ1) is 12.6. The number of rotatable bonds is 2. The van der Waals surface area contributed by atoms with Crippen molar-refractivity contribution in [3.63, 3.8) is 0 Å². The van der Waals surface area contributed by atoms with E-state index in [-0.39, 0.29) is 5.13 Å². The van der Waals surface area contributed by atoms with Gasteiger partial charge in [-0.3, -0.25) is 4.72 Å². The summed E-state index contributed by atoms with van der Waals surface area (Å²) in [6, 6.07) is 0. The molecule has 17 heavy (non-hydrogen) atoms. The summed E-state index contributed by atoms with van der Waals surface area (Å²) in [7, 11) is -5.37. The largest absolute Gasteiger partial charge is 0.516 e. The second-order valence-electron chi connectivity index (χ2n) is 3.37. The fourth-order valence-corrected chi connectivity index (χ4v) is 3.06. The molecule has 0 aliphatic carbocycles. The average molecular weight is 287 g/mol. The van der Waals surface area contributed by atoms with Gasteiger partial charge >= 0.3 is 15.5 Å². The Hall–Kier alpha value is -0.870. The highest BCUT2D eigenvalue weighted by Gasteiger charge is 2.46. The Morgan fingerprint density at radius 1 is 1.41 bits per heavy atom. The van der Waals surface area contributed by atoms with E-state index in [9.17, 15) is 21.6 Å². The molecule has 2 N–H and O–H groups in total. The monoisotopic (exact) mass is 287 g/mol. The van der Waals surface area contributed by atoms with Gasteiger partial charge in [0.2, 0.25) is 0 Å². The lowest BCUT2D eigenvalue weighted by Crippen LogP contribution is -2.29.